The van der Waals surface area contributed by atoms with E-state index in [2.05, 4.69) is 5.32 Å². The van der Waals surface area contributed by atoms with Crippen molar-refractivity contribution in [2.45, 2.75) is 20.4 Å². The largest absolute Gasteiger partial charge is 0.490 e. The number of benzene rings is 2. The van der Waals surface area contributed by atoms with E-state index in [0.717, 1.165) is 11.1 Å². The molecule has 0 saturated carbocycles. The zero-order chi connectivity index (χ0) is 18.1. The summed E-state index contributed by atoms with van der Waals surface area (Å²) in [6, 6.07) is 13.0. The molecule has 0 heterocycles. The minimum atomic E-state index is -0.188. The van der Waals surface area contributed by atoms with Crippen molar-refractivity contribution in [1.29, 1.82) is 0 Å². The van der Waals surface area contributed by atoms with E-state index in [-0.39, 0.29) is 5.91 Å². The molecule has 2 rings (SSSR count). The molecule has 0 fully saturated rings. The Morgan fingerprint density at radius 1 is 1.08 bits per heavy atom. The maximum Gasteiger partial charge on any atom is 0.244 e. The number of amides is 1. The third-order valence-electron chi connectivity index (χ3n) is 3.39. The zero-order valence-corrected chi connectivity index (χ0v) is 15.2. The van der Waals surface area contributed by atoms with Crippen molar-refractivity contribution in [2.24, 2.45) is 0 Å². The molecule has 2 aromatic carbocycles. The zero-order valence-electron chi connectivity index (χ0n) is 14.4. The molecule has 2 aromatic rings. The molecule has 132 valence electrons. The maximum absolute atomic E-state index is 12.0. The summed E-state index contributed by atoms with van der Waals surface area (Å²) < 4.78 is 11.1. The van der Waals surface area contributed by atoms with Crippen LogP contribution in [0.2, 0.25) is 5.02 Å². The second-order valence-corrected chi connectivity index (χ2v) is 5.63. The lowest BCUT2D eigenvalue weighted by Crippen LogP contribution is -2.20. The minimum absolute atomic E-state index is 0.188. The molecule has 1 amide bonds. The van der Waals surface area contributed by atoms with E-state index in [0.29, 0.717) is 36.3 Å². The summed E-state index contributed by atoms with van der Waals surface area (Å²) in [5.41, 5.74) is 1.74. The first-order valence-corrected chi connectivity index (χ1v) is 8.60. The quantitative estimate of drug-likeness (QED) is 0.707. The highest BCUT2D eigenvalue weighted by atomic mass is 35.5. The van der Waals surface area contributed by atoms with Crippen LogP contribution < -0.4 is 14.8 Å². The van der Waals surface area contributed by atoms with Gasteiger partial charge in [-0.15, -0.1) is 0 Å². The predicted octanol–water partition coefficient (Wildman–Crippen LogP) is 4.47. The molecule has 0 aliphatic carbocycles. The van der Waals surface area contributed by atoms with Gasteiger partial charge in [-0.2, -0.15) is 0 Å². The van der Waals surface area contributed by atoms with Gasteiger partial charge in [-0.25, -0.2) is 0 Å². The second-order valence-electron chi connectivity index (χ2n) is 5.22. The Bertz CT molecular complexity index is 743. The van der Waals surface area contributed by atoms with Gasteiger partial charge in [0.25, 0.3) is 0 Å². The predicted molar refractivity (Wildman–Crippen MR) is 101 cm³/mol. The van der Waals surface area contributed by atoms with Crippen LogP contribution >= 0.6 is 11.6 Å². The molecular formula is C20H22ClNO3. The first-order valence-electron chi connectivity index (χ1n) is 8.23. The van der Waals surface area contributed by atoms with Crippen molar-refractivity contribution in [3.8, 4) is 11.5 Å². The first kappa shape index (κ1) is 18.9. The summed E-state index contributed by atoms with van der Waals surface area (Å²) in [5, 5.41) is 3.45. The highest BCUT2D eigenvalue weighted by Crippen LogP contribution is 2.28. The monoisotopic (exact) mass is 359 g/mol. The van der Waals surface area contributed by atoms with Crippen LogP contribution in [0.1, 0.15) is 25.0 Å². The Morgan fingerprint density at radius 2 is 1.80 bits per heavy atom. The van der Waals surface area contributed by atoms with Crippen LogP contribution in [0, 0.1) is 0 Å². The molecule has 0 spiro atoms. The highest BCUT2D eigenvalue weighted by molar-refractivity contribution is 6.32. The molecule has 4 nitrogen and oxygen atoms in total. The molecular weight excluding hydrogens is 338 g/mol. The number of halogens is 1. The standard InChI is InChI=1S/C20H22ClNO3/c1-3-24-18-11-9-15(13-19(18)25-4-2)14-22-20(23)12-10-16-7-5-6-8-17(16)21/h5-13H,3-4,14H2,1-2H3,(H,22,23)/b12-10+. The molecule has 0 unspecified atom stereocenters. The fraction of sp³-hybridized carbons (Fsp3) is 0.250. The van der Waals surface area contributed by atoms with Crippen molar-refractivity contribution in [3.63, 3.8) is 0 Å². The van der Waals surface area contributed by atoms with Crippen LogP contribution in [0.5, 0.6) is 11.5 Å². The summed E-state index contributed by atoms with van der Waals surface area (Å²) in [5.74, 6) is 1.20. The van der Waals surface area contributed by atoms with Gasteiger partial charge < -0.3 is 14.8 Å². The number of ether oxygens (including phenoxy) is 2. The molecule has 0 aliphatic rings. The summed E-state index contributed by atoms with van der Waals surface area (Å²) in [6.07, 6.45) is 3.17. The fourth-order valence-corrected chi connectivity index (χ4v) is 2.43. The lowest BCUT2D eigenvalue weighted by atomic mass is 10.2. The fourth-order valence-electron chi connectivity index (χ4n) is 2.23. The Balaban J connectivity index is 1.97. The minimum Gasteiger partial charge on any atom is -0.490 e. The topological polar surface area (TPSA) is 47.6 Å². The van der Waals surface area contributed by atoms with Crippen LogP contribution in [0.25, 0.3) is 6.08 Å². The van der Waals surface area contributed by atoms with E-state index in [1.165, 1.54) is 6.08 Å². The van der Waals surface area contributed by atoms with Gasteiger partial charge in [0.2, 0.25) is 5.91 Å². The SMILES string of the molecule is CCOc1ccc(CNC(=O)/C=C/c2ccccc2Cl)cc1OCC. The van der Waals surface area contributed by atoms with Crippen molar-refractivity contribution < 1.29 is 14.3 Å². The normalized spacial score (nSPS) is 10.7. The average molecular weight is 360 g/mol. The molecule has 0 aromatic heterocycles. The number of hydrogen-bond donors (Lipinski definition) is 1. The molecule has 5 heteroatoms. The molecule has 0 radical (unpaired) electrons. The Morgan fingerprint density at radius 3 is 2.52 bits per heavy atom. The van der Waals surface area contributed by atoms with Gasteiger partial charge in [-0.3, -0.25) is 4.79 Å². The van der Waals surface area contributed by atoms with Gasteiger partial charge in [0.1, 0.15) is 0 Å². The Hall–Kier alpha value is -2.46. The van der Waals surface area contributed by atoms with E-state index in [1.807, 2.05) is 50.2 Å². The van der Waals surface area contributed by atoms with Gasteiger partial charge in [-0.05, 0) is 49.2 Å². The smallest absolute Gasteiger partial charge is 0.244 e. The number of nitrogens with one attached hydrogen (secondary N) is 1. The number of carbonyl (C=O) groups excluding carboxylic acids is 1. The van der Waals surface area contributed by atoms with Gasteiger partial charge in [0.05, 0.1) is 13.2 Å². The molecule has 0 bridgehead atoms. The third-order valence-corrected chi connectivity index (χ3v) is 3.74. The van der Waals surface area contributed by atoms with Crippen molar-refractivity contribution in [3.05, 3.63) is 64.7 Å². The van der Waals surface area contributed by atoms with Gasteiger partial charge in [0, 0.05) is 17.6 Å². The van der Waals surface area contributed by atoms with E-state index in [1.54, 1.807) is 12.1 Å². The van der Waals surface area contributed by atoms with E-state index in [9.17, 15) is 4.79 Å². The van der Waals surface area contributed by atoms with E-state index >= 15 is 0 Å². The van der Waals surface area contributed by atoms with E-state index in [4.69, 9.17) is 21.1 Å². The summed E-state index contributed by atoms with van der Waals surface area (Å²) in [4.78, 5) is 12.0. The Labute approximate surface area is 153 Å². The lowest BCUT2D eigenvalue weighted by molar-refractivity contribution is -0.116. The maximum atomic E-state index is 12.0. The average Bonchev–Trinajstić information content (AvgIpc) is 2.61. The third kappa shape index (κ3) is 5.84. The van der Waals surface area contributed by atoms with Crippen LogP contribution in [0.15, 0.2) is 48.5 Å². The first-order chi connectivity index (χ1) is 12.1. The second kappa shape index (κ2) is 9.74. The highest BCUT2D eigenvalue weighted by Gasteiger charge is 2.06. The number of carbonyl (C=O) groups is 1. The molecule has 0 aliphatic heterocycles. The van der Waals surface area contributed by atoms with Crippen LogP contribution in [-0.4, -0.2) is 19.1 Å². The van der Waals surface area contributed by atoms with Gasteiger partial charge in [0.15, 0.2) is 11.5 Å². The number of rotatable bonds is 8. The van der Waals surface area contributed by atoms with Crippen LogP contribution in [0.3, 0.4) is 0 Å². The van der Waals surface area contributed by atoms with Crippen molar-refractivity contribution in [2.75, 3.05) is 13.2 Å². The van der Waals surface area contributed by atoms with Crippen molar-refractivity contribution >= 4 is 23.6 Å². The molecule has 0 atom stereocenters. The lowest BCUT2D eigenvalue weighted by Gasteiger charge is -2.12. The molecule has 0 saturated heterocycles. The van der Waals surface area contributed by atoms with Crippen LogP contribution in [0.4, 0.5) is 0 Å². The molecule has 1 N–H and O–H groups in total. The van der Waals surface area contributed by atoms with Crippen molar-refractivity contribution in [1.82, 2.24) is 5.32 Å². The summed E-state index contributed by atoms with van der Waals surface area (Å²) >= 11 is 6.06. The number of hydrogen-bond acceptors (Lipinski definition) is 3. The summed E-state index contributed by atoms with van der Waals surface area (Å²) in [7, 11) is 0. The van der Waals surface area contributed by atoms with Gasteiger partial charge >= 0.3 is 0 Å². The van der Waals surface area contributed by atoms with E-state index < -0.39 is 0 Å². The van der Waals surface area contributed by atoms with Crippen LogP contribution in [-0.2, 0) is 11.3 Å². The van der Waals surface area contributed by atoms with Gasteiger partial charge in [-0.1, -0.05) is 35.9 Å². The Kier molecular flexibility index (Phi) is 7.36. The summed E-state index contributed by atoms with van der Waals surface area (Å²) in [6.45, 7) is 5.37. The molecule has 25 heavy (non-hydrogen) atoms.